The molecule has 0 saturated carbocycles. The number of hydrogen-bond acceptors (Lipinski definition) is 4. The maximum absolute atomic E-state index is 12.6. The number of hydrogen-bond donors (Lipinski definition) is 1. The van der Waals surface area contributed by atoms with Crippen molar-refractivity contribution in [2.45, 2.75) is 105 Å². The Bertz CT molecular complexity index is 3570. The molecular formula is C62H60N3O2Pt-. The topological polar surface area (TPSA) is 64.1 Å². The Morgan fingerprint density at radius 1 is 0.559 bits per heavy atom. The van der Waals surface area contributed by atoms with Crippen molar-refractivity contribution in [1.29, 1.82) is 0 Å². The number of phenols is 1. The Labute approximate surface area is 415 Å². The van der Waals surface area contributed by atoms with Gasteiger partial charge in [0.25, 0.3) is 0 Å². The molecule has 3 heterocycles. The number of phenolic OH excluding ortho intramolecular Hbond substituents is 1. The number of rotatable bonds is 5. The summed E-state index contributed by atoms with van der Waals surface area (Å²) in [6, 6.07) is 51.3. The Hall–Kier alpha value is -6.29. The summed E-state index contributed by atoms with van der Waals surface area (Å²) >= 11 is 0. The van der Waals surface area contributed by atoms with Gasteiger partial charge in [0.15, 0.2) is 0 Å². The fourth-order valence-corrected chi connectivity index (χ4v) is 9.46. The summed E-state index contributed by atoms with van der Waals surface area (Å²) in [6.45, 7) is 26.6. The number of nitrogens with zero attached hydrogens (tertiary/aromatic N) is 3. The first-order valence-electron chi connectivity index (χ1n) is 23.5. The average Bonchev–Trinajstić information content (AvgIpc) is 3.85. The second-order valence-corrected chi connectivity index (χ2v) is 22.5. The van der Waals surface area contributed by atoms with Gasteiger partial charge < -0.3 is 9.52 Å². The van der Waals surface area contributed by atoms with Gasteiger partial charge in [-0.1, -0.05) is 179 Å². The van der Waals surface area contributed by atoms with E-state index in [1.807, 2.05) is 6.20 Å². The molecule has 0 fully saturated rings. The van der Waals surface area contributed by atoms with Crippen LogP contribution in [0.4, 0.5) is 0 Å². The van der Waals surface area contributed by atoms with Gasteiger partial charge in [-0.2, -0.15) is 0 Å². The summed E-state index contributed by atoms with van der Waals surface area (Å²) in [5.41, 5.74) is 14.2. The molecule has 3 aromatic heterocycles. The van der Waals surface area contributed by atoms with Crippen LogP contribution in [0, 0.1) is 6.07 Å². The molecule has 0 bridgehead atoms. The first kappa shape index (κ1) is 46.8. The van der Waals surface area contributed by atoms with Crippen LogP contribution in [-0.2, 0) is 42.7 Å². The van der Waals surface area contributed by atoms with Crippen LogP contribution in [0.25, 0.3) is 94.3 Å². The molecule has 0 aliphatic heterocycles. The van der Waals surface area contributed by atoms with Crippen molar-refractivity contribution in [3.05, 3.63) is 168 Å². The molecule has 10 rings (SSSR count). The number of para-hydroxylation sites is 1. The molecule has 0 aliphatic carbocycles. The van der Waals surface area contributed by atoms with E-state index in [0.29, 0.717) is 11.4 Å². The zero-order valence-corrected chi connectivity index (χ0v) is 43.6. The van der Waals surface area contributed by atoms with Gasteiger partial charge in [0.1, 0.15) is 17.2 Å². The van der Waals surface area contributed by atoms with Gasteiger partial charge >= 0.3 is 0 Å². The molecule has 7 aromatic carbocycles. The van der Waals surface area contributed by atoms with Crippen molar-refractivity contribution in [1.82, 2.24) is 14.5 Å². The maximum Gasteiger partial charge on any atom is 0.148 e. The number of furan rings is 1. The molecule has 5 nitrogen and oxygen atoms in total. The van der Waals surface area contributed by atoms with Crippen LogP contribution in [0.5, 0.6) is 5.75 Å². The molecule has 6 heteroatoms. The fraction of sp³-hybridized carbons (Fsp3) is 0.258. The molecular weight excluding hydrogens is 1010 g/mol. The van der Waals surface area contributed by atoms with Gasteiger partial charge in [0.2, 0.25) is 0 Å². The van der Waals surface area contributed by atoms with Crippen molar-refractivity contribution in [2.75, 3.05) is 0 Å². The summed E-state index contributed by atoms with van der Waals surface area (Å²) in [6.07, 6.45) is 1.90. The normalized spacial score (nSPS) is 12.6. The number of benzene rings is 7. The quantitative estimate of drug-likeness (QED) is 0.174. The first-order valence-corrected chi connectivity index (χ1v) is 23.5. The van der Waals surface area contributed by atoms with Gasteiger partial charge in [0, 0.05) is 49.5 Å². The Kier molecular flexibility index (Phi) is 11.5. The van der Waals surface area contributed by atoms with E-state index in [1.54, 1.807) is 0 Å². The predicted octanol–water partition coefficient (Wildman–Crippen LogP) is 16.8. The van der Waals surface area contributed by atoms with Crippen molar-refractivity contribution in [2.24, 2.45) is 0 Å². The second-order valence-electron chi connectivity index (χ2n) is 22.5. The van der Waals surface area contributed by atoms with Crippen LogP contribution in [0.3, 0.4) is 0 Å². The zero-order chi connectivity index (χ0) is 47.4. The Morgan fingerprint density at radius 3 is 1.88 bits per heavy atom. The van der Waals surface area contributed by atoms with Gasteiger partial charge in [-0.15, -0.1) is 17.7 Å². The van der Waals surface area contributed by atoms with Crippen LogP contribution in [-0.4, -0.2) is 19.6 Å². The molecule has 0 saturated heterocycles. The minimum atomic E-state index is -0.344. The maximum atomic E-state index is 12.6. The third-order valence-electron chi connectivity index (χ3n) is 13.4. The molecule has 0 spiro atoms. The summed E-state index contributed by atoms with van der Waals surface area (Å²) < 4.78 is 9.12. The SMILES string of the molecule is CC(C)(C)c1ccnc(-c2[c-]c(-c3cccc4c3nc(-c3cc(C(C)(C)C)cc(C(C)(C)C)c3O)n4-c3ccc(C(C)(C)C)cc3-c3ccccc3)cc3c2oc2cc4ccccc4cc23)c1.[Pt]. The molecule has 0 atom stereocenters. The molecule has 10 aromatic rings. The molecule has 0 amide bonds. The first-order chi connectivity index (χ1) is 31.6. The number of imidazole rings is 1. The van der Waals surface area contributed by atoms with Crippen LogP contribution >= 0.6 is 0 Å². The third-order valence-corrected chi connectivity index (χ3v) is 13.4. The van der Waals surface area contributed by atoms with Gasteiger partial charge in [-0.05, 0) is 103 Å². The van der Waals surface area contributed by atoms with Gasteiger partial charge in [-0.3, -0.25) is 9.55 Å². The second kappa shape index (κ2) is 16.7. The number of fused-ring (bicyclic) bond motifs is 5. The van der Waals surface area contributed by atoms with Crippen molar-refractivity contribution >= 4 is 43.7 Å². The summed E-state index contributed by atoms with van der Waals surface area (Å²) in [5, 5.41) is 16.9. The summed E-state index contributed by atoms with van der Waals surface area (Å²) in [7, 11) is 0. The van der Waals surface area contributed by atoms with Crippen molar-refractivity contribution in [3.63, 3.8) is 0 Å². The van der Waals surface area contributed by atoms with Crippen molar-refractivity contribution in [3.8, 4) is 56.3 Å². The molecule has 1 N–H and O–H groups in total. The predicted molar refractivity (Wildman–Crippen MR) is 281 cm³/mol. The van der Waals surface area contributed by atoms with Crippen LogP contribution < -0.4 is 0 Å². The molecule has 346 valence electrons. The fourth-order valence-electron chi connectivity index (χ4n) is 9.46. The minimum Gasteiger partial charge on any atom is -0.507 e. The van der Waals surface area contributed by atoms with E-state index >= 15 is 0 Å². The van der Waals surface area contributed by atoms with E-state index in [1.165, 1.54) is 11.1 Å². The van der Waals surface area contributed by atoms with Crippen LogP contribution in [0.1, 0.15) is 105 Å². The number of pyridine rings is 1. The Balaban J connectivity index is 0.00000578. The molecule has 0 radical (unpaired) electrons. The van der Waals surface area contributed by atoms with E-state index in [4.69, 9.17) is 14.4 Å². The molecule has 68 heavy (non-hydrogen) atoms. The molecule has 0 unspecified atom stereocenters. The van der Waals surface area contributed by atoms with E-state index in [2.05, 4.69) is 227 Å². The Morgan fingerprint density at radius 2 is 1.21 bits per heavy atom. The van der Waals surface area contributed by atoms with E-state index in [9.17, 15) is 5.11 Å². The van der Waals surface area contributed by atoms with Crippen molar-refractivity contribution < 1.29 is 30.6 Å². The monoisotopic (exact) mass is 1070 g/mol. The largest absolute Gasteiger partial charge is 0.507 e. The number of aromatic nitrogens is 3. The van der Waals surface area contributed by atoms with E-state index < -0.39 is 0 Å². The summed E-state index contributed by atoms with van der Waals surface area (Å²) in [5.74, 6) is 0.904. The zero-order valence-electron chi connectivity index (χ0n) is 41.3. The number of aromatic hydroxyl groups is 1. The minimum absolute atomic E-state index is 0. The van der Waals surface area contributed by atoms with E-state index in [-0.39, 0.29) is 48.5 Å². The third kappa shape index (κ3) is 8.27. The smallest absolute Gasteiger partial charge is 0.148 e. The average molecular weight is 1070 g/mol. The van der Waals surface area contributed by atoms with Crippen LogP contribution in [0.15, 0.2) is 144 Å². The van der Waals surface area contributed by atoms with E-state index in [0.717, 1.165) is 94.1 Å². The van der Waals surface area contributed by atoms with Gasteiger partial charge in [-0.25, -0.2) is 4.98 Å². The van der Waals surface area contributed by atoms with Crippen LogP contribution in [0.2, 0.25) is 0 Å². The van der Waals surface area contributed by atoms with Gasteiger partial charge in [0.05, 0.1) is 27.9 Å². The molecule has 0 aliphatic rings. The standard InChI is InChI=1S/C62H60N3O2.Pt/c1-59(2,3)41-25-26-52(45(33-41)37-19-14-13-15-20-37)65-53-24-18-23-44(55(53)64-58(65)49-34-43(61(7,8)9)35-50(56(49)66)62(10,11)12)40-30-47-46-29-38-21-16-17-22-39(38)32-54(46)67-57(47)48(31-40)51-36-42(27-28-63-51)60(4,5)6;/h13-30,32-36,66H,1-12H3;/q-1;. The summed E-state index contributed by atoms with van der Waals surface area (Å²) in [4.78, 5) is 10.7.